The Morgan fingerprint density at radius 3 is 2.65 bits per heavy atom. The van der Waals surface area contributed by atoms with Crippen LogP contribution in [0.3, 0.4) is 0 Å². The van der Waals surface area contributed by atoms with E-state index in [1.165, 1.54) is 6.92 Å². The summed E-state index contributed by atoms with van der Waals surface area (Å²) in [4.78, 5) is 11.1. The van der Waals surface area contributed by atoms with Crippen molar-refractivity contribution in [3.63, 3.8) is 0 Å². The molecule has 0 fully saturated rings. The van der Waals surface area contributed by atoms with Gasteiger partial charge in [0.1, 0.15) is 5.75 Å². The van der Waals surface area contributed by atoms with Gasteiger partial charge in [-0.25, -0.2) is 0 Å². The number of hydrogen-bond acceptors (Lipinski definition) is 3. The highest BCUT2D eigenvalue weighted by Crippen LogP contribution is 2.22. The molecule has 0 bridgehead atoms. The number of para-hydroxylation sites is 1. The highest BCUT2D eigenvalue weighted by atomic mass is 16.3. The minimum absolute atomic E-state index is 0.0917. The highest BCUT2D eigenvalue weighted by molar-refractivity contribution is 5.90. The Labute approximate surface area is 118 Å². The summed E-state index contributed by atoms with van der Waals surface area (Å²) in [5, 5.41) is 15.7. The molecule has 20 heavy (non-hydrogen) atoms. The van der Waals surface area contributed by atoms with Crippen LogP contribution >= 0.6 is 0 Å². The van der Waals surface area contributed by atoms with Crippen LogP contribution in [0.15, 0.2) is 42.5 Å². The lowest BCUT2D eigenvalue weighted by Gasteiger charge is -2.12. The Balaban J connectivity index is 2.10. The van der Waals surface area contributed by atoms with Crippen LogP contribution in [-0.4, -0.2) is 11.0 Å². The molecule has 0 unspecified atom stereocenters. The number of carbonyl (C=O) groups excluding carboxylic acids is 1. The molecule has 0 heterocycles. The molecule has 2 aromatic rings. The van der Waals surface area contributed by atoms with Gasteiger partial charge in [0, 0.05) is 30.4 Å². The van der Waals surface area contributed by atoms with E-state index in [2.05, 4.69) is 10.6 Å². The zero-order valence-electron chi connectivity index (χ0n) is 11.6. The van der Waals surface area contributed by atoms with E-state index in [1.54, 1.807) is 12.1 Å². The van der Waals surface area contributed by atoms with E-state index in [4.69, 9.17) is 0 Å². The molecule has 0 atom stereocenters. The Morgan fingerprint density at radius 2 is 1.95 bits per heavy atom. The fourth-order valence-corrected chi connectivity index (χ4v) is 1.91. The van der Waals surface area contributed by atoms with Crippen LogP contribution in [0.1, 0.15) is 18.1 Å². The summed E-state index contributed by atoms with van der Waals surface area (Å²) in [7, 11) is 0. The van der Waals surface area contributed by atoms with Crippen molar-refractivity contribution in [1.29, 1.82) is 0 Å². The molecule has 1 amide bonds. The SMILES string of the molecule is CC(=O)Nc1cc(NCc2ccccc2O)ccc1C. The maximum absolute atomic E-state index is 11.1. The maximum Gasteiger partial charge on any atom is 0.221 e. The van der Waals surface area contributed by atoms with Crippen molar-refractivity contribution >= 4 is 17.3 Å². The summed E-state index contributed by atoms with van der Waals surface area (Å²) in [6, 6.07) is 13.0. The van der Waals surface area contributed by atoms with Crippen LogP contribution in [0.25, 0.3) is 0 Å². The van der Waals surface area contributed by atoms with Crippen LogP contribution < -0.4 is 10.6 Å². The zero-order valence-corrected chi connectivity index (χ0v) is 11.6. The first-order chi connectivity index (χ1) is 9.56. The Morgan fingerprint density at radius 1 is 1.20 bits per heavy atom. The fourth-order valence-electron chi connectivity index (χ4n) is 1.91. The Bertz CT molecular complexity index is 624. The standard InChI is InChI=1S/C16H18N2O2/c1-11-7-8-14(9-15(11)18-12(2)19)17-10-13-5-3-4-6-16(13)20/h3-9,17,20H,10H2,1-2H3,(H,18,19). The number of hydrogen-bond donors (Lipinski definition) is 3. The van der Waals surface area contributed by atoms with Crippen molar-refractivity contribution in [3.05, 3.63) is 53.6 Å². The average Bonchev–Trinajstić information content (AvgIpc) is 2.40. The van der Waals surface area contributed by atoms with E-state index < -0.39 is 0 Å². The maximum atomic E-state index is 11.1. The summed E-state index contributed by atoms with van der Waals surface area (Å²) in [6.07, 6.45) is 0. The van der Waals surface area contributed by atoms with Gasteiger partial charge in [-0.2, -0.15) is 0 Å². The smallest absolute Gasteiger partial charge is 0.221 e. The number of phenols is 1. The summed E-state index contributed by atoms with van der Waals surface area (Å²) < 4.78 is 0. The number of rotatable bonds is 4. The molecule has 0 aliphatic heterocycles. The van der Waals surface area contributed by atoms with Crippen molar-refractivity contribution in [2.24, 2.45) is 0 Å². The Hall–Kier alpha value is -2.49. The summed E-state index contributed by atoms with van der Waals surface area (Å²) >= 11 is 0. The number of aryl methyl sites for hydroxylation is 1. The third-order valence-electron chi connectivity index (χ3n) is 3.02. The van der Waals surface area contributed by atoms with Crippen LogP contribution in [0.4, 0.5) is 11.4 Å². The molecule has 2 aromatic carbocycles. The number of phenolic OH excluding ortho intramolecular Hbond substituents is 1. The first kappa shape index (κ1) is 13.9. The van der Waals surface area contributed by atoms with Gasteiger partial charge in [0.2, 0.25) is 5.91 Å². The summed E-state index contributed by atoms with van der Waals surface area (Å²) in [6.45, 7) is 3.95. The molecule has 0 aliphatic rings. The lowest BCUT2D eigenvalue weighted by atomic mass is 10.1. The molecule has 0 aromatic heterocycles. The number of amides is 1. The van der Waals surface area contributed by atoms with E-state index in [-0.39, 0.29) is 11.7 Å². The monoisotopic (exact) mass is 270 g/mol. The third-order valence-corrected chi connectivity index (χ3v) is 3.02. The predicted octanol–water partition coefficient (Wildman–Crippen LogP) is 3.27. The van der Waals surface area contributed by atoms with Gasteiger partial charge in [0.25, 0.3) is 0 Å². The molecule has 104 valence electrons. The molecule has 0 aliphatic carbocycles. The van der Waals surface area contributed by atoms with Crippen molar-refractivity contribution in [2.75, 3.05) is 10.6 Å². The molecule has 3 N–H and O–H groups in total. The van der Waals surface area contributed by atoms with Gasteiger partial charge in [-0.3, -0.25) is 4.79 Å². The van der Waals surface area contributed by atoms with Crippen molar-refractivity contribution in [1.82, 2.24) is 0 Å². The van der Waals surface area contributed by atoms with Gasteiger partial charge in [-0.1, -0.05) is 24.3 Å². The topological polar surface area (TPSA) is 61.4 Å². The lowest BCUT2D eigenvalue weighted by molar-refractivity contribution is -0.114. The number of benzene rings is 2. The second-order valence-corrected chi connectivity index (χ2v) is 4.69. The normalized spacial score (nSPS) is 10.1. The molecule has 0 saturated carbocycles. The van der Waals surface area contributed by atoms with Gasteiger partial charge < -0.3 is 15.7 Å². The first-order valence-electron chi connectivity index (χ1n) is 6.45. The quantitative estimate of drug-likeness (QED) is 0.799. The summed E-state index contributed by atoms with van der Waals surface area (Å²) in [5.74, 6) is 0.181. The second kappa shape index (κ2) is 6.10. The molecule has 0 radical (unpaired) electrons. The number of nitrogens with one attached hydrogen (secondary N) is 2. The molecule has 0 spiro atoms. The van der Waals surface area contributed by atoms with Crippen molar-refractivity contribution < 1.29 is 9.90 Å². The van der Waals surface area contributed by atoms with Crippen molar-refractivity contribution in [3.8, 4) is 5.75 Å². The van der Waals surface area contributed by atoms with Gasteiger partial charge in [0.15, 0.2) is 0 Å². The van der Waals surface area contributed by atoms with E-state index in [9.17, 15) is 9.90 Å². The molecule has 0 saturated heterocycles. The largest absolute Gasteiger partial charge is 0.508 e. The lowest BCUT2D eigenvalue weighted by Crippen LogP contribution is -2.08. The van der Waals surface area contributed by atoms with E-state index >= 15 is 0 Å². The Kier molecular flexibility index (Phi) is 4.25. The number of anilines is 2. The second-order valence-electron chi connectivity index (χ2n) is 4.69. The molecule has 2 rings (SSSR count). The number of carbonyl (C=O) groups is 1. The van der Waals surface area contributed by atoms with Gasteiger partial charge in [-0.15, -0.1) is 0 Å². The average molecular weight is 270 g/mol. The van der Waals surface area contributed by atoms with Gasteiger partial charge in [0.05, 0.1) is 0 Å². The summed E-state index contributed by atoms with van der Waals surface area (Å²) in [5.41, 5.74) is 3.52. The van der Waals surface area contributed by atoms with E-state index in [1.807, 2.05) is 37.3 Å². The zero-order chi connectivity index (χ0) is 14.5. The molecular formula is C16H18N2O2. The van der Waals surface area contributed by atoms with E-state index in [0.717, 1.165) is 22.5 Å². The van der Waals surface area contributed by atoms with E-state index in [0.29, 0.717) is 6.54 Å². The first-order valence-corrected chi connectivity index (χ1v) is 6.45. The van der Waals surface area contributed by atoms with Crippen LogP contribution in [0.2, 0.25) is 0 Å². The van der Waals surface area contributed by atoms with Crippen LogP contribution in [0.5, 0.6) is 5.75 Å². The van der Waals surface area contributed by atoms with Gasteiger partial charge >= 0.3 is 0 Å². The predicted molar refractivity (Wildman–Crippen MR) is 80.9 cm³/mol. The fraction of sp³-hybridized carbons (Fsp3) is 0.188. The minimum atomic E-state index is -0.0917. The minimum Gasteiger partial charge on any atom is -0.508 e. The van der Waals surface area contributed by atoms with Gasteiger partial charge in [-0.05, 0) is 30.7 Å². The van der Waals surface area contributed by atoms with Crippen molar-refractivity contribution in [2.45, 2.75) is 20.4 Å². The highest BCUT2D eigenvalue weighted by Gasteiger charge is 2.03. The molecular weight excluding hydrogens is 252 g/mol. The number of aromatic hydroxyl groups is 1. The third kappa shape index (κ3) is 3.51. The molecule has 4 nitrogen and oxygen atoms in total. The van der Waals surface area contributed by atoms with Crippen LogP contribution in [-0.2, 0) is 11.3 Å². The molecule has 4 heteroatoms. The van der Waals surface area contributed by atoms with Crippen LogP contribution in [0, 0.1) is 6.92 Å².